The number of alkyl halides is 3. The van der Waals surface area contributed by atoms with Crippen molar-refractivity contribution in [1.29, 1.82) is 5.26 Å². The second-order valence-corrected chi connectivity index (χ2v) is 18.0. The molecule has 18 heteroatoms. The van der Waals surface area contributed by atoms with Gasteiger partial charge in [0.25, 0.3) is 11.8 Å². The van der Waals surface area contributed by atoms with Gasteiger partial charge in [0.15, 0.2) is 0 Å². The quantitative estimate of drug-likeness (QED) is 0.293. The van der Waals surface area contributed by atoms with Gasteiger partial charge in [-0.15, -0.1) is 0 Å². The Morgan fingerprint density at radius 3 is 2.16 bits per heavy atom. The lowest BCUT2D eigenvalue weighted by atomic mass is 9.94. The Bertz CT molecular complexity index is 2370. The normalized spacial score (nSPS) is 23.2. The Hall–Kier alpha value is -6.06. The van der Waals surface area contributed by atoms with Crippen LogP contribution in [0.4, 0.5) is 36.1 Å². The van der Waals surface area contributed by atoms with E-state index in [1.165, 1.54) is 12.1 Å². The van der Waals surface area contributed by atoms with Crippen LogP contribution >= 0.6 is 0 Å². The summed E-state index contributed by atoms with van der Waals surface area (Å²) in [6, 6.07) is 14.3. The summed E-state index contributed by atoms with van der Waals surface area (Å²) in [5.74, 6) is -1.40. The van der Waals surface area contributed by atoms with Crippen LogP contribution in [0.2, 0.25) is 0 Å². The van der Waals surface area contributed by atoms with Crippen molar-refractivity contribution < 1.29 is 37.1 Å². The number of carbonyl (C=O) groups is 5. The number of rotatable bonds is 9. The molecule has 5 saturated heterocycles. The maximum absolute atomic E-state index is 13.5. The number of piperazine rings is 1. The molecule has 0 bridgehead atoms. The number of nitrogens with one attached hydrogen (secondary N) is 2. The number of imide groups is 2. The van der Waals surface area contributed by atoms with Gasteiger partial charge in [0, 0.05) is 101 Å². The van der Waals surface area contributed by atoms with E-state index in [2.05, 4.69) is 42.1 Å². The molecule has 336 valence electrons. The third-order valence-electron chi connectivity index (χ3n) is 14.1. The van der Waals surface area contributed by atoms with Crippen LogP contribution in [0.5, 0.6) is 0 Å². The number of carbonyl (C=O) groups excluding carboxylic acids is 5. The van der Waals surface area contributed by atoms with E-state index in [0.29, 0.717) is 61.0 Å². The molecule has 6 aliphatic heterocycles. The Morgan fingerprint density at radius 1 is 0.812 bits per heavy atom. The molecular formula is C46H51F3N10O5. The summed E-state index contributed by atoms with van der Waals surface area (Å²) in [5.41, 5.74) is 1.50. The summed E-state index contributed by atoms with van der Waals surface area (Å²) in [4.78, 5) is 80.8. The van der Waals surface area contributed by atoms with E-state index in [0.717, 1.165) is 87.5 Å². The van der Waals surface area contributed by atoms with Crippen molar-refractivity contribution in [2.75, 3.05) is 85.5 Å². The van der Waals surface area contributed by atoms with Gasteiger partial charge in [0.2, 0.25) is 17.7 Å². The number of fused-ring (bicyclic) bond motifs is 1. The van der Waals surface area contributed by atoms with Crippen LogP contribution in [-0.2, 0) is 20.6 Å². The molecule has 9 rings (SSSR count). The van der Waals surface area contributed by atoms with Crippen molar-refractivity contribution in [3.63, 3.8) is 0 Å². The van der Waals surface area contributed by atoms with Crippen LogP contribution < -0.4 is 25.3 Å². The predicted octanol–water partition coefficient (Wildman–Crippen LogP) is 4.34. The van der Waals surface area contributed by atoms with E-state index < -0.39 is 47.0 Å². The number of amides is 5. The maximum Gasteiger partial charge on any atom is 0.417 e. The molecule has 0 aliphatic carbocycles. The van der Waals surface area contributed by atoms with Gasteiger partial charge in [0.05, 0.1) is 40.2 Å². The highest BCUT2D eigenvalue weighted by atomic mass is 19.4. The summed E-state index contributed by atoms with van der Waals surface area (Å²) in [5, 5.41) is 14.3. The number of piperidine rings is 3. The molecule has 0 saturated carbocycles. The van der Waals surface area contributed by atoms with Gasteiger partial charge < -0.3 is 20.0 Å². The molecule has 5 fully saturated rings. The summed E-state index contributed by atoms with van der Waals surface area (Å²) in [6.45, 7) is 10.7. The number of pyridine rings is 1. The predicted molar refractivity (Wildman–Crippen MR) is 231 cm³/mol. The van der Waals surface area contributed by atoms with Gasteiger partial charge in [-0.2, -0.15) is 18.4 Å². The van der Waals surface area contributed by atoms with Crippen LogP contribution in [0.1, 0.15) is 77.3 Å². The van der Waals surface area contributed by atoms with Crippen LogP contribution in [0.25, 0.3) is 0 Å². The molecule has 2 aromatic carbocycles. The highest BCUT2D eigenvalue weighted by molar-refractivity contribution is 6.23. The molecule has 0 radical (unpaired) electrons. The average molecular weight is 881 g/mol. The molecule has 2 N–H and O–H groups in total. The minimum absolute atomic E-state index is 0.0833. The fourth-order valence-electron chi connectivity index (χ4n) is 10.2. The smallest absolute Gasteiger partial charge is 0.371 e. The lowest BCUT2D eigenvalue weighted by molar-refractivity contribution is -0.138. The van der Waals surface area contributed by atoms with E-state index in [4.69, 9.17) is 5.26 Å². The monoisotopic (exact) mass is 880 g/mol. The van der Waals surface area contributed by atoms with Crippen LogP contribution in [-0.4, -0.2) is 133 Å². The number of nitriles is 1. The van der Waals surface area contributed by atoms with Crippen molar-refractivity contribution in [2.45, 2.75) is 69.8 Å². The van der Waals surface area contributed by atoms with E-state index >= 15 is 0 Å². The molecule has 64 heavy (non-hydrogen) atoms. The Kier molecular flexibility index (Phi) is 11.8. The number of hydrogen-bond acceptors (Lipinski definition) is 12. The highest BCUT2D eigenvalue weighted by Crippen LogP contribution is 2.37. The number of anilines is 4. The van der Waals surface area contributed by atoms with Gasteiger partial charge in [-0.05, 0) is 93.5 Å². The van der Waals surface area contributed by atoms with Gasteiger partial charge in [0.1, 0.15) is 11.9 Å². The lowest BCUT2D eigenvalue weighted by Crippen LogP contribution is -2.65. The first-order valence-corrected chi connectivity index (χ1v) is 22.2. The maximum atomic E-state index is 13.5. The van der Waals surface area contributed by atoms with E-state index in [1.54, 1.807) is 24.4 Å². The van der Waals surface area contributed by atoms with Crippen LogP contribution in [0.15, 0.2) is 54.7 Å². The fourth-order valence-corrected chi connectivity index (χ4v) is 10.2. The zero-order valence-electron chi connectivity index (χ0n) is 35.6. The number of benzene rings is 2. The fraction of sp³-hybridized carbons (Fsp3) is 0.500. The summed E-state index contributed by atoms with van der Waals surface area (Å²) in [7, 11) is 0. The Labute approximate surface area is 369 Å². The number of halogens is 3. The van der Waals surface area contributed by atoms with Gasteiger partial charge in [-0.25, -0.2) is 4.98 Å². The Morgan fingerprint density at radius 2 is 1.48 bits per heavy atom. The first-order chi connectivity index (χ1) is 30.7. The third-order valence-corrected chi connectivity index (χ3v) is 14.1. The minimum atomic E-state index is -4.63. The number of nitrogens with zero attached hydrogens (tertiary/aromatic N) is 8. The van der Waals surface area contributed by atoms with E-state index in [9.17, 15) is 37.1 Å². The highest BCUT2D eigenvalue weighted by Gasteiger charge is 2.45. The second kappa shape index (κ2) is 17.5. The molecule has 6 aliphatic rings. The third kappa shape index (κ3) is 8.62. The molecule has 0 spiro atoms. The topological polar surface area (TPSA) is 166 Å². The first kappa shape index (κ1) is 43.2. The minimum Gasteiger partial charge on any atom is -0.371 e. The van der Waals surface area contributed by atoms with Crippen molar-refractivity contribution >= 4 is 52.4 Å². The Balaban J connectivity index is 0.688. The molecule has 5 amide bonds. The van der Waals surface area contributed by atoms with Gasteiger partial charge >= 0.3 is 6.18 Å². The molecule has 3 aromatic rings. The first-order valence-electron chi connectivity index (χ1n) is 22.2. The lowest BCUT2D eigenvalue weighted by Gasteiger charge is -2.51. The van der Waals surface area contributed by atoms with Gasteiger partial charge in [-0.3, -0.25) is 44.0 Å². The molecule has 7 heterocycles. The van der Waals surface area contributed by atoms with Gasteiger partial charge in [-0.1, -0.05) is 0 Å². The van der Waals surface area contributed by atoms with Crippen molar-refractivity contribution in [3.8, 4) is 6.07 Å². The van der Waals surface area contributed by atoms with Crippen molar-refractivity contribution in [1.82, 2.24) is 25.0 Å². The summed E-state index contributed by atoms with van der Waals surface area (Å²) >= 11 is 0. The van der Waals surface area contributed by atoms with Crippen molar-refractivity contribution in [3.05, 3.63) is 77.0 Å². The van der Waals surface area contributed by atoms with Crippen LogP contribution in [0.3, 0.4) is 0 Å². The van der Waals surface area contributed by atoms with E-state index in [1.807, 2.05) is 23.1 Å². The SMILES string of the molecule is C[C@@H]1CN(C2CN(c3ccc4c(c3)C(=O)N(C3CCC(=O)NC3=O)C4=O)C2)CCN1CC1CCN(c2ccc(NC(=O)C3CCN(c4ccc(C#N)c(C(F)(F)F)c4)CC3)nc2)CC1. The molecule has 2 atom stereocenters. The standard InChI is InChI=1S/C46H51F3N10O5/c1-28-24-57(35-26-58(27-35)32-4-6-36-37(20-32)45(64)59(44(36)63)39-7-9-41(60)53-43(39)62)19-18-56(28)25-29-10-14-55(15-11-29)34-5-8-40(51-23-34)52-42(61)30-12-16-54(17-13-30)33-3-2-31(22-50)38(21-33)46(47,48)49/h2-6,8,20-21,23,28-30,35,39H,7,9-19,24-27H2,1H3,(H,51,52,61)(H,53,60,62)/t28-,39?/m1/s1. The van der Waals surface area contributed by atoms with E-state index in [-0.39, 0.29) is 30.2 Å². The largest absolute Gasteiger partial charge is 0.417 e. The number of aromatic nitrogens is 1. The second-order valence-electron chi connectivity index (χ2n) is 18.0. The zero-order valence-corrected chi connectivity index (χ0v) is 35.6. The zero-order chi connectivity index (χ0) is 44.9. The average Bonchev–Trinajstić information content (AvgIpc) is 3.51. The van der Waals surface area contributed by atoms with Crippen LogP contribution in [0, 0.1) is 23.2 Å². The van der Waals surface area contributed by atoms with Crippen molar-refractivity contribution in [2.24, 2.45) is 11.8 Å². The molecule has 1 unspecified atom stereocenters. The number of hydrogen-bond donors (Lipinski definition) is 2. The summed E-state index contributed by atoms with van der Waals surface area (Å²) in [6.07, 6.45) is 0.496. The summed E-state index contributed by atoms with van der Waals surface area (Å²) < 4.78 is 40.5. The molecule has 15 nitrogen and oxygen atoms in total. The molecule has 1 aromatic heterocycles. The molecular weight excluding hydrogens is 830 g/mol.